The highest BCUT2D eigenvalue weighted by molar-refractivity contribution is 6.05. The number of aryl methyl sites for hydroxylation is 2. The first kappa shape index (κ1) is 21.4. The van der Waals surface area contributed by atoms with E-state index in [-0.39, 0.29) is 5.91 Å². The number of pyridine rings is 1. The van der Waals surface area contributed by atoms with Crippen molar-refractivity contribution in [2.24, 2.45) is 0 Å². The minimum Gasteiger partial charge on any atom is -0.496 e. The molecule has 0 aliphatic rings. The lowest BCUT2D eigenvalue weighted by Crippen LogP contribution is -2.28. The maximum Gasteiger partial charge on any atom is 0.259 e. The van der Waals surface area contributed by atoms with Crippen LogP contribution in [0.15, 0.2) is 66.9 Å². The number of rotatable bonds is 7. The molecular formula is C26H27N3O3. The maximum atomic E-state index is 13.2. The average Bonchev–Trinajstić information content (AvgIpc) is 3.21. The van der Waals surface area contributed by atoms with Crippen LogP contribution in [0.2, 0.25) is 0 Å². The molecule has 0 fully saturated rings. The molecule has 32 heavy (non-hydrogen) atoms. The van der Waals surface area contributed by atoms with Crippen molar-refractivity contribution < 1.29 is 14.3 Å². The van der Waals surface area contributed by atoms with Crippen LogP contribution in [0.1, 0.15) is 34.1 Å². The number of hydrogen-bond donors (Lipinski definition) is 0. The van der Waals surface area contributed by atoms with Gasteiger partial charge in [0.15, 0.2) is 11.4 Å². The van der Waals surface area contributed by atoms with Crippen LogP contribution in [0.25, 0.3) is 5.65 Å². The predicted molar refractivity (Wildman–Crippen MR) is 126 cm³/mol. The van der Waals surface area contributed by atoms with Crippen molar-refractivity contribution >= 4 is 17.4 Å². The molecule has 164 valence electrons. The normalized spacial score (nSPS) is 10.9. The highest BCUT2D eigenvalue weighted by Gasteiger charge is 2.22. The van der Waals surface area contributed by atoms with Gasteiger partial charge in [0.2, 0.25) is 0 Å². The molecule has 0 saturated carbocycles. The van der Waals surface area contributed by atoms with E-state index in [0.717, 1.165) is 28.4 Å². The smallest absolute Gasteiger partial charge is 0.259 e. The van der Waals surface area contributed by atoms with E-state index in [1.807, 2.05) is 85.1 Å². The molecule has 0 aliphatic carbocycles. The van der Waals surface area contributed by atoms with Crippen molar-refractivity contribution in [3.05, 3.63) is 89.2 Å². The number of para-hydroxylation sites is 1. The highest BCUT2D eigenvalue weighted by Crippen LogP contribution is 2.30. The first-order valence-corrected chi connectivity index (χ1v) is 10.6. The third kappa shape index (κ3) is 4.04. The van der Waals surface area contributed by atoms with Crippen LogP contribution >= 0.6 is 0 Å². The standard InChI is InChI=1S/C26H27N3O3/c1-5-21-25(28(3)26(30)19-14-12-18(2)13-15-19)29-16-8-11-23(24(29)27-21)32-17-20-9-6-7-10-22(20)31-4/h6-16H,5,17H2,1-4H3. The molecule has 0 bridgehead atoms. The van der Waals surface area contributed by atoms with Crippen molar-refractivity contribution in [3.8, 4) is 11.5 Å². The Labute approximate surface area is 188 Å². The first-order valence-electron chi connectivity index (χ1n) is 10.6. The second kappa shape index (κ2) is 9.14. The van der Waals surface area contributed by atoms with E-state index in [9.17, 15) is 4.79 Å². The van der Waals surface area contributed by atoms with Gasteiger partial charge in [-0.1, -0.05) is 42.8 Å². The van der Waals surface area contributed by atoms with E-state index >= 15 is 0 Å². The first-order chi connectivity index (χ1) is 15.5. The van der Waals surface area contributed by atoms with Gasteiger partial charge in [-0.3, -0.25) is 14.1 Å². The number of carbonyl (C=O) groups is 1. The van der Waals surface area contributed by atoms with Gasteiger partial charge in [-0.2, -0.15) is 0 Å². The molecule has 0 atom stereocenters. The minimum atomic E-state index is -0.0816. The molecule has 2 heterocycles. The summed E-state index contributed by atoms with van der Waals surface area (Å²) in [6.45, 7) is 4.39. The fourth-order valence-electron chi connectivity index (χ4n) is 3.75. The number of amides is 1. The molecule has 6 heteroatoms. The molecule has 0 saturated heterocycles. The average molecular weight is 430 g/mol. The van der Waals surface area contributed by atoms with Crippen LogP contribution < -0.4 is 14.4 Å². The highest BCUT2D eigenvalue weighted by atomic mass is 16.5. The number of imidazole rings is 1. The summed E-state index contributed by atoms with van der Waals surface area (Å²) in [6, 6.07) is 19.2. The largest absolute Gasteiger partial charge is 0.496 e. The Morgan fingerprint density at radius 1 is 1.03 bits per heavy atom. The Morgan fingerprint density at radius 3 is 2.47 bits per heavy atom. The number of methoxy groups -OCH3 is 1. The van der Waals surface area contributed by atoms with Crippen LogP contribution in [-0.2, 0) is 13.0 Å². The quantitative estimate of drug-likeness (QED) is 0.412. The zero-order valence-electron chi connectivity index (χ0n) is 18.8. The van der Waals surface area contributed by atoms with E-state index < -0.39 is 0 Å². The zero-order chi connectivity index (χ0) is 22.7. The molecule has 0 unspecified atom stereocenters. The molecule has 4 aromatic rings. The second-order valence-electron chi connectivity index (χ2n) is 7.63. The lowest BCUT2D eigenvalue weighted by atomic mass is 10.1. The molecule has 2 aromatic heterocycles. The van der Waals surface area contributed by atoms with Gasteiger partial charge in [0, 0.05) is 24.4 Å². The number of anilines is 1. The fraction of sp³-hybridized carbons (Fsp3) is 0.231. The number of benzene rings is 2. The summed E-state index contributed by atoms with van der Waals surface area (Å²) in [4.78, 5) is 19.6. The summed E-state index contributed by atoms with van der Waals surface area (Å²) in [6.07, 6.45) is 2.60. The second-order valence-corrected chi connectivity index (χ2v) is 7.63. The summed E-state index contributed by atoms with van der Waals surface area (Å²) >= 11 is 0. The van der Waals surface area contributed by atoms with Gasteiger partial charge in [-0.15, -0.1) is 0 Å². The molecule has 6 nitrogen and oxygen atoms in total. The monoisotopic (exact) mass is 429 g/mol. The Hall–Kier alpha value is -3.80. The molecule has 0 radical (unpaired) electrons. The SMILES string of the molecule is CCc1nc2c(OCc3ccccc3OC)cccn2c1N(C)C(=O)c1ccc(C)cc1. The van der Waals surface area contributed by atoms with Gasteiger partial charge in [0.1, 0.15) is 18.2 Å². The third-order valence-corrected chi connectivity index (χ3v) is 5.49. The Balaban J connectivity index is 1.68. The van der Waals surface area contributed by atoms with Crippen molar-refractivity contribution in [2.45, 2.75) is 26.9 Å². The third-order valence-electron chi connectivity index (χ3n) is 5.49. The van der Waals surface area contributed by atoms with Crippen molar-refractivity contribution in [1.82, 2.24) is 9.38 Å². The minimum absolute atomic E-state index is 0.0816. The Bertz CT molecular complexity index is 1250. The van der Waals surface area contributed by atoms with Crippen LogP contribution in [-0.4, -0.2) is 29.4 Å². The number of ether oxygens (including phenoxy) is 2. The number of carbonyl (C=O) groups excluding carboxylic acids is 1. The van der Waals surface area contributed by atoms with Crippen LogP contribution in [0.3, 0.4) is 0 Å². The van der Waals surface area contributed by atoms with Gasteiger partial charge in [-0.25, -0.2) is 4.98 Å². The molecule has 0 aliphatic heterocycles. The van der Waals surface area contributed by atoms with Crippen LogP contribution in [0, 0.1) is 6.92 Å². The molecule has 1 amide bonds. The summed E-state index contributed by atoms with van der Waals surface area (Å²) in [7, 11) is 3.43. The van der Waals surface area contributed by atoms with Crippen LogP contribution in [0.4, 0.5) is 5.82 Å². The van der Waals surface area contributed by atoms with Crippen molar-refractivity contribution in [3.63, 3.8) is 0 Å². The summed E-state index contributed by atoms with van der Waals surface area (Å²) in [5.41, 5.74) is 4.22. The van der Waals surface area contributed by atoms with Gasteiger partial charge < -0.3 is 9.47 Å². The lowest BCUT2D eigenvalue weighted by molar-refractivity contribution is 0.0992. The Morgan fingerprint density at radius 2 is 1.75 bits per heavy atom. The van der Waals surface area contributed by atoms with Gasteiger partial charge in [0.25, 0.3) is 5.91 Å². The van der Waals surface area contributed by atoms with E-state index in [2.05, 4.69) is 0 Å². The van der Waals surface area contributed by atoms with E-state index in [4.69, 9.17) is 14.5 Å². The van der Waals surface area contributed by atoms with Crippen LogP contribution in [0.5, 0.6) is 11.5 Å². The zero-order valence-corrected chi connectivity index (χ0v) is 18.8. The molecule has 2 aromatic carbocycles. The fourth-order valence-corrected chi connectivity index (χ4v) is 3.75. The molecule has 4 rings (SSSR count). The van der Waals surface area contributed by atoms with E-state index in [1.54, 1.807) is 19.1 Å². The summed E-state index contributed by atoms with van der Waals surface area (Å²) < 4.78 is 13.5. The summed E-state index contributed by atoms with van der Waals surface area (Å²) in [5.74, 6) is 2.09. The molecule has 0 N–H and O–H groups in total. The van der Waals surface area contributed by atoms with Gasteiger partial charge >= 0.3 is 0 Å². The Kier molecular flexibility index (Phi) is 6.12. The topological polar surface area (TPSA) is 56.1 Å². The molecule has 0 spiro atoms. The lowest BCUT2D eigenvalue weighted by Gasteiger charge is -2.18. The number of fused-ring (bicyclic) bond motifs is 1. The predicted octanol–water partition coefficient (Wildman–Crippen LogP) is 5.07. The molecular weight excluding hydrogens is 402 g/mol. The maximum absolute atomic E-state index is 13.2. The van der Waals surface area contributed by atoms with Crippen molar-refractivity contribution in [2.75, 3.05) is 19.1 Å². The van der Waals surface area contributed by atoms with Gasteiger partial charge in [0.05, 0.1) is 12.8 Å². The number of hydrogen-bond acceptors (Lipinski definition) is 4. The summed E-state index contributed by atoms with van der Waals surface area (Å²) in [5, 5.41) is 0. The van der Waals surface area contributed by atoms with Gasteiger partial charge in [-0.05, 0) is 43.7 Å². The number of nitrogens with zero attached hydrogens (tertiary/aromatic N) is 3. The number of aromatic nitrogens is 2. The van der Waals surface area contributed by atoms with E-state index in [0.29, 0.717) is 30.0 Å². The van der Waals surface area contributed by atoms with E-state index in [1.165, 1.54) is 0 Å². The van der Waals surface area contributed by atoms with Crippen molar-refractivity contribution in [1.29, 1.82) is 0 Å².